The van der Waals surface area contributed by atoms with Crippen LogP contribution < -0.4 is 16.2 Å². The summed E-state index contributed by atoms with van der Waals surface area (Å²) < 4.78 is 0. The van der Waals surface area contributed by atoms with Crippen LogP contribution in [0.25, 0.3) is 6.08 Å². The molecule has 0 heterocycles. The minimum absolute atomic E-state index is 0.152. The van der Waals surface area contributed by atoms with E-state index in [2.05, 4.69) is 10.7 Å². The summed E-state index contributed by atoms with van der Waals surface area (Å²) in [6.07, 6.45) is 2.88. The zero-order valence-corrected chi connectivity index (χ0v) is 12.3. The molecule has 6 heteroatoms. The fourth-order valence-electron chi connectivity index (χ4n) is 1.39. The van der Waals surface area contributed by atoms with Crippen LogP contribution in [0.4, 0.5) is 0 Å². The number of rotatable bonds is 3. The van der Waals surface area contributed by atoms with E-state index in [0.717, 1.165) is 11.1 Å². The van der Waals surface area contributed by atoms with Gasteiger partial charge in [0.25, 0.3) is 5.91 Å². The lowest BCUT2D eigenvalue weighted by molar-refractivity contribution is -0.140. The topological polar surface area (TPSA) is 87.3 Å². The molecule has 0 radical (unpaired) electrons. The normalized spacial score (nSPS) is 10.5. The quantitative estimate of drug-likeness (QED) is 0.434. The maximum Gasteiger partial charge on any atom is 0.327 e. The highest BCUT2D eigenvalue weighted by molar-refractivity contribution is 6.35. The van der Waals surface area contributed by atoms with E-state index in [1.165, 1.54) is 6.08 Å². The molecule has 1 aromatic rings. The standard InChI is InChI=1S/C15H19N3O3/c1-10(2)16-14(20)15(21)18-17-13(19)9-8-12-6-4-11(3)5-7-12/h4-10H,1-3H3,(H,16,20)(H,17,19)(H,18,21)/b9-8+. The minimum atomic E-state index is -0.916. The first-order valence-electron chi connectivity index (χ1n) is 6.54. The largest absolute Gasteiger partial charge is 0.346 e. The van der Waals surface area contributed by atoms with E-state index in [1.807, 2.05) is 36.6 Å². The SMILES string of the molecule is Cc1ccc(/C=C/C(=O)NNC(=O)C(=O)NC(C)C)cc1. The van der Waals surface area contributed by atoms with Crippen molar-refractivity contribution in [3.8, 4) is 0 Å². The zero-order chi connectivity index (χ0) is 15.8. The van der Waals surface area contributed by atoms with E-state index in [-0.39, 0.29) is 6.04 Å². The fourth-order valence-corrected chi connectivity index (χ4v) is 1.39. The summed E-state index contributed by atoms with van der Waals surface area (Å²) in [7, 11) is 0. The molecule has 0 spiro atoms. The van der Waals surface area contributed by atoms with Gasteiger partial charge in [0.2, 0.25) is 0 Å². The van der Waals surface area contributed by atoms with Crippen molar-refractivity contribution in [3.05, 3.63) is 41.5 Å². The summed E-state index contributed by atoms with van der Waals surface area (Å²) in [6, 6.07) is 7.44. The number of amides is 3. The predicted octanol–water partition coefficient (Wildman–Crippen LogP) is 0.680. The summed E-state index contributed by atoms with van der Waals surface area (Å²) in [6.45, 7) is 5.43. The van der Waals surface area contributed by atoms with Crippen LogP contribution >= 0.6 is 0 Å². The maximum atomic E-state index is 11.5. The van der Waals surface area contributed by atoms with Gasteiger partial charge in [-0.15, -0.1) is 0 Å². The Bertz CT molecular complexity index is 548. The second kappa shape index (κ2) is 7.84. The van der Waals surface area contributed by atoms with Gasteiger partial charge in [-0.2, -0.15) is 0 Å². The first-order valence-corrected chi connectivity index (χ1v) is 6.54. The summed E-state index contributed by atoms with van der Waals surface area (Å²) in [5, 5.41) is 2.41. The van der Waals surface area contributed by atoms with Crippen LogP contribution in [-0.2, 0) is 14.4 Å². The van der Waals surface area contributed by atoms with Crippen molar-refractivity contribution in [2.45, 2.75) is 26.8 Å². The second-order valence-corrected chi connectivity index (χ2v) is 4.82. The Morgan fingerprint density at radius 2 is 1.62 bits per heavy atom. The van der Waals surface area contributed by atoms with Crippen LogP contribution in [0.3, 0.4) is 0 Å². The molecular formula is C15H19N3O3. The first kappa shape index (κ1) is 16.4. The van der Waals surface area contributed by atoms with E-state index in [0.29, 0.717) is 0 Å². The Balaban J connectivity index is 2.42. The number of carbonyl (C=O) groups is 3. The highest BCUT2D eigenvalue weighted by Crippen LogP contribution is 2.04. The molecule has 3 N–H and O–H groups in total. The van der Waals surface area contributed by atoms with Crippen LogP contribution in [0, 0.1) is 6.92 Å². The van der Waals surface area contributed by atoms with Crippen molar-refractivity contribution in [1.29, 1.82) is 0 Å². The van der Waals surface area contributed by atoms with E-state index in [9.17, 15) is 14.4 Å². The molecule has 0 atom stereocenters. The minimum Gasteiger partial charge on any atom is -0.346 e. The average molecular weight is 289 g/mol. The summed E-state index contributed by atoms with van der Waals surface area (Å²) in [5.74, 6) is -2.24. The molecule has 0 unspecified atom stereocenters. The average Bonchev–Trinajstić information content (AvgIpc) is 2.43. The third-order valence-electron chi connectivity index (χ3n) is 2.43. The molecule has 112 valence electrons. The molecule has 0 saturated heterocycles. The molecule has 1 aromatic carbocycles. The molecule has 0 aliphatic carbocycles. The van der Waals surface area contributed by atoms with Crippen LogP contribution in [0.5, 0.6) is 0 Å². The molecular weight excluding hydrogens is 270 g/mol. The van der Waals surface area contributed by atoms with Crippen molar-refractivity contribution in [2.75, 3.05) is 0 Å². The van der Waals surface area contributed by atoms with Gasteiger partial charge < -0.3 is 5.32 Å². The number of carbonyl (C=O) groups excluding carboxylic acids is 3. The first-order chi connectivity index (χ1) is 9.88. The number of hydrogen-bond donors (Lipinski definition) is 3. The summed E-state index contributed by atoms with van der Waals surface area (Å²) in [5.41, 5.74) is 6.15. The lowest BCUT2D eigenvalue weighted by Crippen LogP contribution is -2.49. The van der Waals surface area contributed by atoms with Gasteiger partial charge in [-0.05, 0) is 32.4 Å². The zero-order valence-electron chi connectivity index (χ0n) is 12.3. The van der Waals surface area contributed by atoms with E-state index in [4.69, 9.17) is 0 Å². The van der Waals surface area contributed by atoms with Crippen molar-refractivity contribution in [2.24, 2.45) is 0 Å². The Morgan fingerprint density at radius 1 is 1.00 bits per heavy atom. The molecule has 0 bridgehead atoms. The molecule has 6 nitrogen and oxygen atoms in total. The van der Waals surface area contributed by atoms with Gasteiger partial charge >= 0.3 is 11.8 Å². The second-order valence-electron chi connectivity index (χ2n) is 4.82. The van der Waals surface area contributed by atoms with Gasteiger partial charge in [-0.3, -0.25) is 25.2 Å². The number of benzene rings is 1. The van der Waals surface area contributed by atoms with Gasteiger partial charge in [0.1, 0.15) is 0 Å². The van der Waals surface area contributed by atoms with Crippen LogP contribution in [0.1, 0.15) is 25.0 Å². The third kappa shape index (κ3) is 6.38. The number of nitrogens with one attached hydrogen (secondary N) is 3. The van der Waals surface area contributed by atoms with Crippen LogP contribution in [-0.4, -0.2) is 23.8 Å². The molecule has 0 saturated carbocycles. The van der Waals surface area contributed by atoms with Crippen LogP contribution in [0.2, 0.25) is 0 Å². The van der Waals surface area contributed by atoms with Gasteiger partial charge in [-0.25, -0.2) is 0 Å². The summed E-state index contributed by atoms with van der Waals surface area (Å²) >= 11 is 0. The molecule has 1 rings (SSSR count). The van der Waals surface area contributed by atoms with E-state index < -0.39 is 17.7 Å². The number of hydrogen-bond acceptors (Lipinski definition) is 3. The number of aryl methyl sites for hydroxylation is 1. The lowest BCUT2D eigenvalue weighted by Gasteiger charge is -2.08. The third-order valence-corrected chi connectivity index (χ3v) is 2.43. The highest BCUT2D eigenvalue weighted by atomic mass is 16.2. The smallest absolute Gasteiger partial charge is 0.327 e. The van der Waals surface area contributed by atoms with Gasteiger partial charge in [-0.1, -0.05) is 29.8 Å². The molecule has 0 aliphatic rings. The van der Waals surface area contributed by atoms with Gasteiger partial charge in [0.05, 0.1) is 0 Å². The Hall–Kier alpha value is -2.63. The van der Waals surface area contributed by atoms with E-state index in [1.54, 1.807) is 19.9 Å². The van der Waals surface area contributed by atoms with Crippen molar-refractivity contribution < 1.29 is 14.4 Å². The molecule has 0 fully saturated rings. The van der Waals surface area contributed by atoms with E-state index >= 15 is 0 Å². The summed E-state index contributed by atoms with van der Waals surface area (Å²) in [4.78, 5) is 34.1. The van der Waals surface area contributed by atoms with Crippen molar-refractivity contribution in [3.63, 3.8) is 0 Å². The van der Waals surface area contributed by atoms with Gasteiger partial charge in [0.15, 0.2) is 0 Å². The Kier molecular flexibility index (Phi) is 6.13. The van der Waals surface area contributed by atoms with Gasteiger partial charge in [0, 0.05) is 12.1 Å². The molecule has 0 aliphatic heterocycles. The highest BCUT2D eigenvalue weighted by Gasteiger charge is 2.14. The molecule has 3 amide bonds. The van der Waals surface area contributed by atoms with Crippen molar-refractivity contribution in [1.82, 2.24) is 16.2 Å². The Labute approximate surface area is 123 Å². The Morgan fingerprint density at radius 3 is 2.19 bits per heavy atom. The number of hydrazine groups is 1. The lowest BCUT2D eigenvalue weighted by atomic mass is 10.1. The monoisotopic (exact) mass is 289 g/mol. The predicted molar refractivity (Wildman–Crippen MR) is 79.8 cm³/mol. The van der Waals surface area contributed by atoms with Crippen molar-refractivity contribution >= 4 is 23.8 Å². The van der Waals surface area contributed by atoms with Crippen LogP contribution in [0.15, 0.2) is 30.3 Å². The maximum absolute atomic E-state index is 11.5. The fraction of sp³-hybridized carbons (Fsp3) is 0.267. The molecule has 21 heavy (non-hydrogen) atoms. The molecule has 0 aromatic heterocycles.